The summed E-state index contributed by atoms with van der Waals surface area (Å²) in [5, 5.41) is 10.2. The highest BCUT2D eigenvalue weighted by Gasteiger charge is 2.22. The molecule has 2 N–H and O–H groups in total. The summed E-state index contributed by atoms with van der Waals surface area (Å²) < 4.78 is 10.2. The van der Waals surface area contributed by atoms with Gasteiger partial charge in [-0.15, -0.1) is 0 Å². The largest absolute Gasteiger partial charge is 0.495 e. The Kier molecular flexibility index (Phi) is 5.43. The number of halogens is 1. The Labute approximate surface area is 156 Å². The van der Waals surface area contributed by atoms with Gasteiger partial charge in [-0.1, -0.05) is 47.1 Å². The Hall–Kier alpha value is -2.99. The van der Waals surface area contributed by atoms with Crippen molar-refractivity contribution in [2.24, 2.45) is 0 Å². The number of nitrogens with one attached hydrogen (secondary N) is 2. The monoisotopic (exact) mass is 371 g/mol. The maximum Gasteiger partial charge on any atom is 0.252 e. The zero-order valence-corrected chi connectivity index (χ0v) is 15.1. The zero-order valence-electron chi connectivity index (χ0n) is 14.3. The standard InChI is InChI=1S/C19H18ClN3O3/c1-12-10-17(23-26-12)22-19(24)18(13-6-4-3-5-7-13)21-14-8-9-16(25-2)15(20)11-14/h3-11,18,21H,1-2H3,(H,22,23,24)/t18-/m0/s1. The summed E-state index contributed by atoms with van der Waals surface area (Å²) in [6, 6.07) is 15.7. The van der Waals surface area contributed by atoms with E-state index in [1.807, 2.05) is 30.3 Å². The average molecular weight is 372 g/mol. The molecule has 0 fully saturated rings. The summed E-state index contributed by atoms with van der Waals surface area (Å²) in [5.74, 6) is 1.28. The lowest BCUT2D eigenvalue weighted by Gasteiger charge is -2.20. The van der Waals surface area contributed by atoms with Crippen LogP contribution in [0, 0.1) is 6.92 Å². The van der Waals surface area contributed by atoms with E-state index < -0.39 is 6.04 Å². The minimum Gasteiger partial charge on any atom is -0.495 e. The lowest BCUT2D eigenvalue weighted by atomic mass is 10.1. The number of aryl methyl sites for hydroxylation is 1. The molecule has 134 valence electrons. The van der Waals surface area contributed by atoms with E-state index in [0.717, 1.165) is 5.56 Å². The van der Waals surface area contributed by atoms with Crippen LogP contribution < -0.4 is 15.4 Å². The molecule has 0 aliphatic rings. The number of hydrogen-bond donors (Lipinski definition) is 2. The highest BCUT2D eigenvalue weighted by atomic mass is 35.5. The fourth-order valence-electron chi connectivity index (χ4n) is 2.49. The SMILES string of the molecule is COc1ccc(N[C@H](C(=O)Nc2cc(C)on2)c2ccccc2)cc1Cl. The van der Waals surface area contributed by atoms with Gasteiger partial charge in [-0.05, 0) is 30.7 Å². The Bertz CT molecular complexity index is 896. The maximum atomic E-state index is 12.8. The van der Waals surface area contributed by atoms with Crippen LogP contribution in [0.4, 0.5) is 11.5 Å². The molecule has 3 rings (SSSR count). The topological polar surface area (TPSA) is 76.4 Å². The number of aromatic nitrogens is 1. The van der Waals surface area contributed by atoms with E-state index in [-0.39, 0.29) is 5.91 Å². The molecular formula is C19H18ClN3O3. The van der Waals surface area contributed by atoms with Gasteiger partial charge < -0.3 is 19.9 Å². The van der Waals surface area contributed by atoms with Crippen LogP contribution in [0.25, 0.3) is 0 Å². The first-order valence-electron chi connectivity index (χ1n) is 7.96. The molecule has 1 aromatic heterocycles. The van der Waals surface area contributed by atoms with Crippen molar-refractivity contribution in [3.63, 3.8) is 0 Å². The molecule has 2 aromatic carbocycles. The van der Waals surface area contributed by atoms with Gasteiger partial charge in [0.05, 0.1) is 12.1 Å². The van der Waals surface area contributed by atoms with E-state index >= 15 is 0 Å². The molecule has 0 bridgehead atoms. The van der Waals surface area contributed by atoms with Crippen LogP contribution in [0.3, 0.4) is 0 Å². The van der Waals surface area contributed by atoms with E-state index in [1.54, 1.807) is 38.3 Å². The summed E-state index contributed by atoms with van der Waals surface area (Å²) in [6.07, 6.45) is 0. The summed E-state index contributed by atoms with van der Waals surface area (Å²) in [6.45, 7) is 1.76. The summed E-state index contributed by atoms with van der Waals surface area (Å²) in [7, 11) is 1.55. The second-order valence-corrected chi connectivity index (χ2v) is 6.06. The quantitative estimate of drug-likeness (QED) is 0.670. The van der Waals surface area contributed by atoms with Gasteiger partial charge >= 0.3 is 0 Å². The van der Waals surface area contributed by atoms with E-state index in [1.165, 1.54) is 0 Å². The van der Waals surface area contributed by atoms with Crippen molar-refractivity contribution in [2.45, 2.75) is 13.0 Å². The van der Waals surface area contributed by atoms with Gasteiger partial charge in [-0.2, -0.15) is 0 Å². The highest BCUT2D eigenvalue weighted by molar-refractivity contribution is 6.32. The molecule has 0 radical (unpaired) electrons. The molecule has 1 heterocycles. The first kappa shape index (κ1) is 17.8. The van der Waals surface area contributed by atoms with Gasteiger partial charge in [-0.3, -0.25) is 4.79 Å². The zero-order chi connectivity index (χ0) is 18.5. The number of carbonyl (C=O) groups excluding carboxylic acids is 1. The normalized spacial score (nSPS) is 11.7. The third-order valence-corrected chi connectivity index (χ3v) is 4.03. The number of methoxy groups -OCH3 is 1. The highest BCUT2D eigenvalue weighted by Crippen LogP contribution is 2.29. The van der Waals surface area contributed by atoms with E-state index in [9.17, 15) is 4.79 Å². The van der Waals surface area contributed by atoms with Crippen molar-refractivity contribution in [1.29, 1.82) is 0 Å². The first-order chi connectivity index (χ1) is 12.6. The van der Waals surface area contributed by atoms with Gasteiger partial charge in [-0.25, -0.2) is 0 Å². The van der Waals surface area contributed by atoms with Crippen molar-refractivity contribution < 1.29 is 14.1 Å². The van der Waals surface area contributed by atoms with Crippen molar-refractivity contribution in [3.8, 4) is 5.75 Å². The van der Waals surface area contributed by atoms with Gasteiger partial charge in [0.1, 0.15) is 17.6 Å². The molecule has 0 saturated carbocycles. The first-order valence-corrected chi connectivity index (χ1v) is 8.34. The van der Waals surface area contributed by atoms with Crippen LogP contribution in [0.15, 0.2) is 59.1 Å². The molecule has 0 aliphatic carbocycles. The summed E-state index contributed by atoms with van der Waals surface area (Å²) in [4.78, 5) is 12.8. The van der Waals surface area contributed by atoms with Gasteiger partial charge in [0, 0.05) is 11.8 Å². The van der Waals surface area contributed by atoms with Gasteiger partial charge in [0.25, 0.3) is 5.91 Å². The van der Waals surface area contributed by atoms with Crippen molar-refractivity contribution in [2.75, 3.05) is 17.7 Å². The second kappa shape index (κ2) is 7.93. The maximum absolute atomic E-state index is 12.8. The molecule has 26 heavy (non-hydrogen) atoms. The van der Waals surface area contributed by atoms with Gasteiger partial charge in [0.2, 0.25) is 0 Å². The van der Waals surface area contributed by atoms with Crippen LogP contribution in [-0.2, 0) is 4.79 Å². The number of carbonyl (C=O) groups is 1. The lowest BCUT2D eigenvalue weighted by Crippen LogP contribution is -2.27. The predicted octanol–water partition coefficient (Wildman–Crippen LogP) is 4.44. The number of ether oxygens (including phenoxy) is 1. The molecule has 1 amide bonds. The molecule has 0 spiro atoms. The molecular weight excluding hydrogens is 354 g/mol. The summed E-state index contributed by atoms with van der Waals surface area (Å²) >= 11 is 6.18. The third kappa shape index (κ3) is 4.15. The van der Waals surface area contributed by atoms with Crippen molar-refractivity contribution in [3.05, 3.63) is 70.9 Å². The van der Waals surface area contributed by atoms with Crippen molar-refractivity contribution >= 4 is 29.0 Å². The molecule has 0 saturated heterocycles. The predicted molar refractivity (Wildman–Crippen MR) is 101 cm³/mol. The summed E-state index contributed by atoms with van der Waals surface area (Å²) in [5.41, 5.74) is 1.49. The fourth-order valence-corrected chi connectivity index (χ4v) is 2.75. The number of anilines is 2. The fraction of sp³-hybridized carbons (Fsp3) is 0.158. The van der Waals surface area contributed by atoms with Crippen LogP contribution in [0.2, 0.25) is 5.02 Å². The number of rotatable bonds is 6. The van der Waals surface area contributed by atoms with Crippen LogP contribution in [0.5, 0.6) is 5.75 Å². The number of nitrogens with zero attached hydrogens (tertiary/aromatic N) is 1. The average Bonchev–Trinajstić information content (AvgIpc) is 3.05. The van der Waals surface area contributed by atoms with E-state index in [4.69, 9.17) is 20.9 Å². The van der Waals surface area contributed by atoms with Gasteiger partial charge in [0.15, 0.2) is 5.82 Å². The van der Waals surface area contributed by atoms with Crippen LogP contribution >= 0.6 is 11.6 Å². The third-order valence-electron chi connectivity index (χ3n) is 3.74. The minimum absolute atomic E-state index is 0.267. The molecule has 3 aromatic rings. The van der Waals surface area contributed by atoms with Crippen LogP contribution in [-0.4, -0.2) is 18.2 Å². The Balaban J connectivity index is 1.86. The molecule has 0 aliphatic heterocycles. The minimum atomic E-state index is -0.641. The number of benzene rings is 2. The molecule has 6 nitrogen and oxygen atoms in total. The number of amides is 1. The number of hydrogen-bond acceptors (Lipinski definition) is 5. The van der Waals surface area contributed by atoms with Crippen molar-refractivity contribution in [1.82, 2.24) is 5.16 Å². The Morgan fingerprint density at radius 1 is 1.19 bits per heavy atom. The van der Waals surface area contributed by atoms with E-state index in [0.29, 0.717) is 28.0 Å². The Morgan fingerprint density at radius 2 is 1.96 bits per heavy atom. The molecule has 0 unspecified atom stereocenters. The second-order valence-electron chi connectivity index (χ2n) is 5.65. The molecule has 7 heteroatoms. The molecule has 1 atom stereocenters. The smallest absolute Gasteiger partial charge is 0.252 e. The van der Waals surface area contributed by atoms with E-state index in [2.05, 4.69) is 15.8 Å². The Morgan fingerprint density at radius 3 is 2.58 bits per heavy atom. The lowest BCUT2D eigenvalue weighted by molar-refractivity contribution is -0.117. The van der Waals surface area contributed by atoms with Crippen LogP contribution in [0.1, 0.15) is 17.4 Å².